The van der Waals surface area contributed by atoms with E-state index < -0.39 is 0 Å². The number of nitrogens with one attached hydrogen (secondary N) is 2. The SMILES string of the molecule is Cc1cnc(C(=O)N[C@@H]2CCC[C@@H]2C(=O)NCCN2CCOCC2)cn1. The van der Waals surface area contributed by atoms with E-state index in [-0.39, 0.29) is 29.5 Å². The Balaban J connectivity index is 1.46. The number of aromatic nitrogens is 2. The summed E-state index contributed by atoms with van der Waals surface area (Å²) in [5.41, 5.74) is 1.05. The summed E-state index contributed by atoms with van der Waals surface area (Å²) < 4.78 is 5.32. The largest absolute Gasteiger partial charge is 0.379 e. The Labute approximate surface area is 153 Å². The van der Waals surface area contributed by atoms with Gasteiger partial charge in [0.1, 0.15) is 5.69 Å². The predicted octanol–water partition coefficient (Wildman–Crippen LogP) is 0.132. The molecule has 8 nitrogen and oxygen atoms in total. The smallest absolute Gasteiger partial charge is 0.271 e. The summed E-state index contributed by atoms with van der Waals surface area (Å²) in [4.78, 5) is 35.3. The van der Waals surface area contributed by atoms with Crippen LogP contribution < -0.4 is 10.6 Å². The number of nitrogens with zero attached hydrogens (tertiary/aromatic N) is 3. The molecule has 2 N–H and O–H groups in total. The van der Waals surface area contributed by atoms with Crippen LogP contribution in [0.15, 0.2) is 12.4 Å². The van der Waals surface area contributed by atoms with Gasteiger partial charge in [0.25, 0.3) is 5.91 Å². The zero-order valence-corrected chi connectivity index (χ0v) is 15.2. The molecule has 0 aromatic carbocycles. The lowest BCUT2D eigenvalue weighted by Crippen LogP contribution is -2.46. The minimum absolute atomic E-state index is 0.0241. The molecule has 0 spiro atoms. The highest BCUT2D eigenvalue weighted by atomic mass is 16.5. The molecule has 1 aliphatic carbocycles. The van der Waals surface area contributed by atoms with E-state index in [4.69, 9.17) is 4.74 Å². The van der Waals surface area contributed by atoms with Crippen molar-refractivity contribution in [1.29, 1.82) is 0 Å². The highest BCUT2D eigenvalue weighted by molar-refractivity contribution is 5.92. The second-order valence-corrected chi connectivity index (χ2v) is 6.91. The lowest BCUT2D eigenvalue weighted by atomic mass is 10.0. The van der Waals surface area contributed by atoms with Gasteiger partial charge in [0, 0.05) is 38.4 Å². The van der Waals surface area contributed by atoms with Crippen molar-refractivity contribution >= 4 is 11.8 Å². The number of rotatable bonds is 6. The molecule has 0 bridgehead atoms. The van der Waals surface area contributed by atoms with Crippen LogP contribution in [0.4, 0.5) is 0 Å². The van der Waals surface area contributed by atoms with Crippen molar-refractivity contribution in [2.45, 2.75) is 32.2 Å². The van der Waals surface area contributed by atoms with Crippen molar-refractivity contribution in [2.75, 3.05) is 39.4 Å². The summed E-state index contributed by atoms with van der Waals surface area (Å²) in [6, 6.07) is -0.144. The van der Waals surface area contributed by atoms with Crippen LogP contribution in [0.1, 0.15) is 35.4 Å². The summed E-state index contributed by atoms with van der Waals surface area (Å²) >= 11 is 0. The van der Waals surface area contributed by atoms with E-state index in [1.165, 1.54) is 6.20 Å². The molecule has 1 aromatic rings. The third kappa shape index (κ3) is 4.98. The molecule has 2 heterocycles. The van der Waals surface area contributed by atoms with Crippen LogP contribution in [0.25, 0.3) is 0 Å². The van der Waals surface area contributed by atoms with E-state index in [0.717, 1.165) is 57.8 Å². The second-order valence-electron chi connectivity index (χ2n) is 6.91. The van der Waals surface area contributed by atoms with Gasteiger partial charge in [-0.3, -0.25) is 19.5 Å². The van der Waals surface area contributed by atoms with Gasteiger partial charge in [0.05, 0.1) is 31.0 Å². The lowest BCUT2D eigenvalue weighted by molar-refractivity contribution is -0.125. The molecule has 1 saturated carbocycles. The normalized spacial score (nSPS) is 23.6. The molecular weight excluding hydrogens is 334 g/mol. The van der Waals surface area contributed by atoms with E-state index in [9.17, 15) is 9.59 Å². The quantitative estimate of drug-likeness (QED) is 0.748. The summed E-state index contributed by atoms with van der Waals surface area (Å²) in [6.07, 6.45) is 5.59. The third-order valence-corrected chi connectivity index (χ3v) is 5.01. The first kappa shape index (κ1) is 18.7. The van der Waals surface area contributed by atoms with Gasteiger partial charge < -0.3 is 15.4 Å². The number of hydrogen-bond acceptors (Lipinski definition) is 6. The fourth-order valence-corrected chi connectivity index (χ4v) is 3.49. The first-order chi connectivity index (χ1) is 12.6. The van der Waals surface area contributed by atoms with Gasteiger partial charge in [0.15, 0.2) is 0 Å². The average molecular weight is 361 g/mol. The van der Waals surface area contributed by atoms with E-state index >= 15 is 0 Å². The van der Waals surface area contributed by atoms with Gasteiger partial charge >= 0.3 is 0 Å². The van der Waals surface area contributed by atoms with Crippen LogP contribution in [-0.2, 0) is 9.53 Å². The van der Waals surface area contributed by atoms with Gasteiger partial charge in [-0.25, -0.2) is 4.98 Å². The summed E-state index contributed by atoms with van der Waals surface area (Å²) in [5, 5.41) is 5.98. The summed E-state index contributed by atoms with van der Waals surface area (Å²) in [6.45, 7) is 6.62. The van der Waals surface area contributed by atoms with E-state index in [0.29, 0.717) is 6.54 Å². The highest BCUT2D eigenvalue weighted by Gasteiger charge is 2.34. The minimum atomic E-state index is -0.268. The number of morpholine rings is 1. The molecular formula is C18H27N5O3. The molecule has 0 radical (unpaired) electrons. The molecule has 142 valence electrons. The van der Waals surface area contributed by atoms with Gasteiger partial charge in [0.2, 0.25) is 5.91 Å². The number of amides is 2. The van der Waals surface area contributed by atoms with Crippen LogP contribution in [0.5, 0.6) is 0 Å². The number of carbonyl (C=O) groups excluding carboxylic acids is 2. The van der Waals surface area contributed by atoms with Crippen LogP contribution >= 0.6 is 0 Å². The van der Waals surface area contributed by atoms with Crippen molar-refractivity contribution in [3.8, 4) is 0 Å². The number of carbonyl (C=O) groups is 2. The Bertz CT molecular complexity index is 616. The summed E-state index contributed by atoms with van der Waals surface area (Å²) in [7, 11) is 0. The molecule has 2 atom stereocenters. The number of hydrogen-bond donors (Lipinski definition) is 2. The summed E-state index contributed by atoms with van der Waals surface area (Å²) in [5.74, 6) is -0.423. The van der Waals surface area contributed by atoms with Crippen LogP contribution in [0, 0.1) is 12.8 Å². The topological polar surface area (TPSA) is 96.5 Å². The molecule has 8 heteroatoms. The molecule has 1 saturated heterocycles. The Morgan fingerprint density at radius 3 is 2.77 bits per heavy atom. The van der Waals surface area contributed by atoms with Crippen molar-refractivity contribution in [2.24, 2.45) is 5.92 Å². The van der Waals surface area contributed by atoms with E-state index in [2.05, 4.69) is 25.5 Å². The zero-order valence-electron chi connectivity index (χ0n) is 15.2. The fraction of sp³-hybridized carbons (Fsp3) is 0.667. The minimum Gasteiger partial charge on any atom is -0.379 e. The Hall–Kier alpha value is -2.06. The maximum Gasteiger partial charge on any atom is 0.271 e. The molecule has 3 rings (SSSR count). The standard InChI is InChI=1S/C18H27N5O3/c1-13-11-21-16(12-20-13)18(25)22-15-4-2-3-14(15)17(24)19-5-6-23-7-9-26-10-8-23/h11-12,14-15H,2-10H2,1H3,(H,19,24)(H,22,25)/t14-,15+/m0/s1. The molecule has 2 fully saturated rings. The van der Waals surface area contributed by atoms with Gasteiger partial charge in [-0.1, -0.05) is 6.42 Å². The Morgan fingerprint density at radius 2 is 2.04 bits per heavy atom. The maximum absolute atomic E-state index is 12.5. The molecule has 0 unspecified atom stereocenters. The Morgan fingerprint density at radius 1 is 1.23 bits per heavy atom. The van der Waals surface area contributed by atoms with Crippen molar-refractivity contribution < 1.29 is 14.3 Å². The maximum atomic E-state index is 12.5. The molecule has 2 aliphatic rings. The number of ether oxygens (including phenoxy) is 1. The van der Waals surface area contributed by atoms with Gasteiger partial charge in [-0.2, -0.15) is 0 Å². The zero-order chi connectivity index (χ0) is 18.4. The Kier molecular flexibility index (Phi) is 6.51. The number of aryl methyl sites for hydroxylation is 1. The molecule has 1 aromatic heterocycles. The fourth-order valence-electron chi connectivity index (χ4n) is 3.49. The van der Waals surface area contributed by atoms with Crippen molar-refractivity contribution in [1.82, 2.24) is 25.5 Å². The first-order valence-corrected chi connectivity index (χ1v) is 9.31. The molecule has 26 heavy (non-hydrogen) atoms. The van der Waals surface area contributed by atoms with Crippen LogP contribution in [0.2, 0.25) is 0 Å². The average Bonchev–Trinajstić information content (AvgIpc) is 3.11. The van der Waals surface area contributed by atoms with Crippen molar-refractivity contribution in [3.63, 3.8) is 0 Å². The van der Waals surface area contributed by atoms with Gasteiger partial charge in [-0.05, 0) is 19.8 Å². The van der Waals surface area contributed by atoms with Crippen molar-refractivity contribution in [3.05, 3.63) is 23.8 Å². The van der Waals surface area contributed by atoms with Crippen LogP contribution in [-0.4, -0.2) is 72.1 Å². The van der Waals surface area contributed by atoms with Gasteiger partial charge in [-0.15, -0.1) is 0 Å². The molecule has 1 aliphatic heterocycles. The predicted molar refractivity (Wildman–Crippen MR) is 95.6 cm³/mol. The molecule has 2 amide bonds. The lowest BCUT2D eigenvalue weighted by Gasteiger charge is -2.27. The highest BCUT2D eigenvalue weighted by Crippen LogP contribution is 2.26. The van der Waals surface area contributed by atoms with Crippen LogP contribution in [0.3, 0.4) is 0 Å². The second kappa shape index (κ2) is 9.05. The van der Waals surface area contributed by atoms with E-state index in [1.54, 1.807) is 6.20 Å². The third-order valence-electron chi connectivity index (χ3n) is 5.01. The monoisotopic (exact) mass is 361 g/mol. The first-order valence-electron chi connectivity index (χ1n) is 9.31. The van der Waals surface area contributed by atoms with E-state index in [1.807, 2.05) is 6.92 Å².